The van der Waals surface area contributed by atoms with Gasteiger partial charge in [-0.1, -0.05) is 23.2 Å². The number of β-amino-alcohol motifs (C(OH)–C–C–N with tert-alkyl or cyclic N) is 1. The molecule has 1 aliphatic heterocycles. The Balaban J connectivity index is 1.99. The number of carbonyl (C=O) groups excluding carboxylic acids is 1. The number of carbonyl (C=O) groups is 2. The summed E-state index contributed by atoms with van der Waals surface area (Å²) in [6, 6.07) is 3.53. The zero-order chi connectivity index (χ0) is 15.6. The summed E-state index contributed by atoms with van der Waals surface area (Å²) in [7, 11) is 0. The van der Waals surface area contributed by atoms with Crippen molar-refractivity contribution in [3.63, 3.8) is 0 Å². The van der Waals surface area contributed by atoms with Crippen LogP contribution in [0.25, 0.3) is 0 Å². The first-order chi connectivity index (χ1) is 9.88. The Morgan fingerprint density at radius 2 is 2.10 bits per heavy atom. The second kappa shape index (κ2) is 6.51. The van der Waals surface area contributed by atoms with E-state index in [1.807, 2.05) is 0 Å². The van der Waals surface area contributed by atoms with Gasteiger partial charge in [0.05, 0.1) is 11.1 Å². The Hall–Kier alpha value is -1.50. The van der Waals surface area contributed by atoms with Gasteiger partial charge in [-0.05, 0) is 18.2 Å². The van der Waals surface area contributed by atoms with Gasteiger partial charge in [-0.3, -0.25) is 4.79 Å². The summed E-state index contributed by atoms with van der Waals surface area (Å²) in [5.41, 5.74) is 0. The maximum Gasteiger partial charge on any atom is 0.326 e. The van der Waals surface area contributed by atoms with E-state index in [1.54, 1.807) is 6.07 Å². The number of halogens is 2. The lowest BCUT2D eigenvalue weighted by molar-refractivity contribution is -0.148. The first-order valence-electron chi connectivity index (χ1n) is 6.16. The molecule has 1 aliphatic rings. The third kappa shape index (κ3) is 3.78. The van der Waals surface area contributed by atoms with Crippen LogP contribution >= 0.6 is 23.2 Å². The molecular weight excluding hydrogens is 321 g/mol. The number of carboxylic acids is 1. The summed E-state index contributed by atoms with van der Waals surface area (Å²) < 4.78 is 5.27. The largest absolute Gasteiger partial charge is 0.482 e. The monoisotopic (exact) mass is 333 g/mol. The number of hydrogen-bond donors (Lipinski definition) is 2. The smallest absolute Gasteiger partial charge is 0.326 e. The molecule has 114 valence electrons. The molecule has 2 N–H and O–H groups in total. The quantitative estimate of drug-likeness (QED) is 0.870. The van der Waals surface area contributed by atoms with Crippen LogP contribution in [0, 0.1) is 0 Å². The number of aliphatic carboxylic acids is 1. The second-order valence-corrected chi connectivity index (χ2v) is 5.50. The fourth-order valence-electron chi connectivity index (χ4n) is 2.14. The van der Waals surface area contributed by atoms with E-state index < -0.39 is 24.0 Å². The van der Waals surface area contributed by atoms with E-state index in [9.17, 15) is 14.7 Å². The van der Waals surface area contributed by atoms with Crippen molar-refractivity contribution in [3.8, 4) is 5.75 Å². The molecule has 0 aliphatic carbocycles. The molecule has 0 saturated carbocycles. The highest BCUT2D eigenvalue weighted by Gasteiger charge is 2.38. The van der Waals surface area contributed by atoms with Crippen LogP contribution in [0.3, 0.4) is 0 Å². The van der Waals surface area contributed by atoms with Crippen molar-refractivity contribution < 1.29 is 24.5 Å². The lowest BCUT2D eigenvalue weighted by Gasteiger charge is -2.21. The predicted molar refractivity (Wildman–Crippen MR) is 75.7 cm³/mol. The van der Waals surface area contributed by atoms with Crippen LogP contribution in [0.15, 0.2) is 18.2 Å². The molecule has 8 heteroatoms. The molecule has 0 unspecified atom stereocenters. The van der Waals surface area contributed by atoms with Crippen LogP contribution in [0.2, 0.25) is 10.0 Å². The normalized spacial score (nSPS) is 21.4. The Kier molecular flexibility index (Phi) is 4.92. The fourth-order valence-corrected chi connectivity index (χ4v) is 2.60. The molecule has 0 bridgehead atoms. The summed E-state index contributed by atoms with van der Waals surface area (Å²) in [5, 5.41) is 19.2. The minimum atomic E-state index is -1.15. The zero-order valence-electron chi connectivity index (χ0n) is 10.8. The number of benzene rings is 1. The van der Waals surface area contributed by atoms with E-state index in [1.165, 1.54) is 12.1 Å². The van der Waals surface area contributed by atoms with E-state index >= 15 is 0 Å². The average Bonchev–Trinajstić information content (AvgIpc) is 2.80. The number of carboxylic acid groups (broad SMARTS) is 1. The van der Waals surface area contributed by atoms with Crippen molar-refractivity contribution >= 4 is 35.1 Å². The maximum atomic E-state index is 12.0. The Morgan fingerprint density at radius 1 is 1.38 bits per heavy atom. The van der Waals surface area contributed by atoms with Crippen LogP contribution in [-0.2, 0) is 9.59 Å². The summed E-state index contributed by atoms with van der Waals surface area (Å²) in [6.07, 6.45) is -0.822. The maximum absolute atomic E-state index is 12.0. The predicted octanol–water partition coefficient (Wildman–Crippen LogP) is 1.42. The average molecular weight is 334 g/mol. The van der Waals surface area contributed by atoms with E-state index in [2.05, 4.69) is 0 Å². The third-order valence-corrected chi connectivity index (χ3v) is 3.66. The topological polar surface area (TPSA) is 87.1 Å². The van der Waals surface area contributed by atoms with Crippen molar-refractivity contribution in [1.82, 2.24) is 4.90 Å². The lowest BCUT2D eigenvalue weighted by Crippen LogP contribution is -2.42. The SMILES string of the molecule is O=C(O)[C@@H]1C[C@@H](O)CN1C(=O)COc1ccc(Cl)cc1Cl. The summed E-state index contributed by atoms with van der Waals surface area (Å²) >= 11 is 11.7. The van der Waals surface area contributed by atoms with Gasteiger partial charge in [0.15, 0.2) is 6.61 Å². The third-order valence-electron chi connectivity index (χ3n) is 3.13. The second-order valence-electron chi connectivity index (χ2n) is 4.65. The van der Waals surface area contributed by atoms with E-state index in [-0.39, 0.29) is 30.3 Å². The molecule has 0 radical (unpaired) electrons. The van der Waals surface area contributed by atoms with Gasteiger partial charge in [0.1, 0.15) is 11.8 Å². The van der Waals surface area contributed by atoms with Crippen molar-refractivity contribution in [2.45, 2.75) is 18.6 Å². The molecule has 0 aromatic heterocycles. The fraction of sp³-hybridized carbons (Fsp3) is 0.385. The molecule has 1 aromatic carbocycles. The number of hydrogen-bond acceptors (Lipinski definition) is 4. The molecule has 1 heterocycles. The molecule has 1 amide bonds. The number of ether oxygens (including phenoxy) is 1. The minimum Gasteiger partial charge on any atom is -0.482 e. The van der Waals surface area contributed by atoms with Crippen molar-refractivity contribution in [3.05, 3.63) is 28.2 Å². The summed E-state index contributed by atoms with van der Waals surface area (Å²) in [6.45, 7) is -0.384. The molecule has 6 nitrogen and oxygen atoms in total. The number of aliphatic hydroxyl groups is 1. The molecule has 1 aromatic rings. The lowest BCUT2D eigenvalue weighted by atomic mass is 10.2. The van der Waals surface area contributed by atoms with E-state index in [0.717, 1.165) is 4.90 Å². The van der Waals surface area contributed by atoms with Crippen molar-refractivity contribution in [1.29, 1.82) is 0 Å². The van der Waals surface area contributed by atoms with Crippen LogP contribution in [0.4, 0.5) is 0 Å². The molecule has 0 spiro atoms. The first kappa shape index (κ1) is 15.9. The minimum absolute atomic E-state index is 0.0166. The van der Waals surface area contributed by atoms with Gasteiger partial charge in [0.25, 0.3) is 5.91 Å². The number of amides is 1. The van der Waals surface area contributed by atoms with Crippen LogP contribution < -0.4 is 4.74 Å². The van der Waals surface area contributed by atoms with E-state index in [4.69, 9.17) is 33.0 Å². The molecular formula is C13H13Cl2NO5. The van der Waals surface area contributed by atoms with Gasteiger partial charge >= 0.3 is 5.97 Å². The van der Waals surface area contributed by atoms with Gasteiger partial charge in [0.2, 0.25) is 0 Å². The molecule has 21 heavy (non-hydrogen) atoms. The standard InChI is InChI=1S/C13H13Cl2NO5/c14-7-1-2-11(9(15)3-7)21-6-12(18)16-5-8(17)4-10(16)13(19)20/h1-3,8,10,17H,4-6H2,(H,19,20)/t8-,10+/m1/s1. The first-order valence-corrected chi connectivity index (χ1v) is 6.92. The molecule has 1 saturated heterocycles. The van der Waals surface area contributed by atoms with Gasteiger partial charge in [-0.2, -0.15) is 0 Å². The van der Waals surface area contributed by atoms with Gasteiger partial charge in [-0.25, -0.2) is 4.79 Å². The molecule has 2 rings (SSSR count). The summed E-state index contributed by atoms with van der Waals surface area (Å²) in [4.78, 5) is 24.2. The van der Waals surface area contributed by atoms with Crippen molar-refractivity contribution in [2.24, 2.45) is 0 Å². The van der Waals surface area contributed by atoms with E-state index in [0.29, 0.717) is 5.02 Å². The molecule has 2 atom stereocenters. The van der Waals surface area contributed by atoms with Crippen molar-refractivity contribution in [2.75, 3.05) is 13.2 Å². The van der Waals surface area contributed by atoms with Gasteiger partial charge in [0, 0.05) is 18.0 Å². The van der Waals surface area contributed by atoms with Crippen LogP contribution in [0.5, 0.6) is 5.75 Å². The van der Waals surface area contributed by atoms with Gasteiger partial charge in [-0.15, -0.1) is 0 Å². The molecule has 1 fully saturated rings. The summed E-state index contributed by atoms with van der Waals surface area (Å²) in [5.74, 6) is -1.39. The highest BCUT2D eigenvalue weighted by molar-refractivity contribution is 6.35. The highest BCUT2D eigenvalue weighted by atomic mass is 35.5. The Bertz CT molecular complexity index is 565. The van der Waals surface area contributed by atoms with Crippen LogP contribution in [0.1, 0.15) is 6.42 Å². The van der Waals surface area contributed by atoms with Gasteiger partial charge < -0.3 is 19.8 Å². The number of rotatable bonds is 4. The number of likely N-dealkylation sites (tertiary alicyclic amines) is 1. The zero-order valence-corrected chi connectivity index (χ0v) is 12.3. The highest BCUT2D eigenvalue weighted by Crippen LogP contribution is 2.27. The number of aliphatic hydroxyl groups excluding tert-OH is 1. The number of nitrogens with zero attached hydrogens (tertiary/aromatic N) is 1. The Morgan fingerprint density at radius 3 is 2.71 bits per heavy atom. The van der Waals surface area contributed by atoms with Crippen LogP contribution in [-0.4, -0.2) is 52.3 Å². The Labute approximate surface area is 130 Å².